The fraction of sp³-hybridized carbons (Fsp3) is 0.290. The third-order valence-electron chi connectivity index (χ3n) is 7.21. The van der Waals surface area contributed by atoms with Crippen LogP contribution in [0.15, 0.2) is 72.9 Å². The number of likely N-dealkylation sites (tertiary alicyclic amines) is 1. The largest absolute Gasteiger partial charge is 0.340 e. The molecule has 3 heterocycles. The summed E-state index contributed by atoms with van der Waals surface area (Å²) in [6.07, 6.45) is 3.52. The van der Waals surface area contributed by atoms with Crippen molar-refractivity contribution in [3.8, 4) is 0 Å². The molecule has 1 aliphatic rings. The first-order valence-electron chi connectivity index (χ1n) is 13.5. The Morgan fingerprint density at radius 3 is 2.45 bits per heavy atom. The van der Waals surface area contributed by atoms with Gasteiger partial charge < -0.3 is 15.5 Å². The van der Waals surface area contributed by atoms with Crippen LogP contribution in [-0.4, -0.2) is 56.8 Å². The summed E-state index contributed by atoms with van der Waals surface area (Å²) in [5.41, 5.74) is 4.83. The highest BCUT2D eigenvalue weighted by Crippen LogP contribution is 2.22. The topological polar surface area (TPSA) is 86.3 Å². The Hall–Kier alpha value is -4.37. The van der Waals surface area contributed by atoms with Gasteiger partial charge in [0.15, 0.2) is 0 Å². The van der Waals surface area contributed by atoms with E-state index in [0.29, 0.717) is 28.9 Å². The Labute approximate surface area is 234 Å². The molecule has 2 N–H and O–H groups in total. The molecule has 4 aromatic rings. The van der Waals surface area contributed by atoms with Crippen molar-refractivity contribution >= 4 is 29.0 Å². The number of carbonyl (C=O) groups excluding carboxylic acids is 1. The second-order valence-corrected chi connectivity index (χ2v) is 10.3. The third kappa shape index (κ3) is 6.79. The van der Waals surface area contributed by atoms with Crippen molar-refractivity contribution in [3.05, 3.63) is 101 Å². The van der Waals surface area contributed by atoms with Gasteiger partial charge in [-0.15, -0.1) is 0 Å². The van der Waals surface area contributed by atoms with Crippen LogP contribution < -0.4 is 10.6 Å². The molecule has 1 saturated heterocycles. The zero-order chi connectivity index (χ0) is 28.1. The first-order chi connectivity index (χ1) is 19.3. The van der Waals surface area contributed by atoms with Gasteiger partial charge in [-0.05, 0) is 100.0 Å². The van der Waals surface area contributed by atoms with Gasteiger partial charge in [0.2, 0.25) is 5.95 Å². The lowest BCUT2D eigenvalue weighted by molar-refractivity contribution is 0.0638. The molecule has 2 aromatic carbocycles. The Balaban J connectivity index is 1.14. The van der Waals surface area contributed by atoms with E-state index >= 15 is 0 Å². The molecule has 206 valence electrons. The molecule has 5 rings (SSSR count). The van der Waals surface area contributed by atoms with Crippen LogP contribution in [0.4, 0.5) is 27.5 Å². The van der Waals surface area contributed by atoms with Gasteiger partial charge in [0.05, 0.1) is 5.69 Å². The monoisotopic (exact) mass is 539 g/mol. The van der Waals surface area contributed by atoms with Crippen LogP contribution in [0.5, 0.6) is 0 Å². The maximum Gasteiger partial charge on any atom is 0.253 e. The van der Waals surface area contributed by atoms with Crippen LogP contribution in [0.3, 0.4) is 0 Å². The molecule has 0 aliphatic carbocycles. The maximum atomic E-state index is 13.6. The average molecular weight is 540 g/mol. The molecular weight excluding hydrogens is 505 g/mol. The van der Waals surface area contributed by atoms with Crippen molar-refractivity contribution in [3.63, 3.8) is 0 Å². The molecular formula is C31H34FN7O. The minimum atomic E-state index is -0.249. The summed E-state index contributed by atoms with van der Waals surface area (Å²) in [5, 5.41) is 6.35. The quantitative estimate of drug-likeness (QED) is 0.290. The van der Waals surface area contributed by atoms with E-state index in [1.54, 1.807) is 31.3 Å². The molecule has 1 amide bonds. The summed E-state index contributed by atoms with van der Waals surface area (Å²) in [4.78, 5) is 30.8. The third-order valence-corrected chi connectivity index (χ3v) is 7.21. The first kappa shape index (κ1) is 27.2. The molecule has 0 radical (unpaired) electrons. The molecule has 0 saturated carbocycles. The fourth-order valence-electron chi connectivity index (χ4n) is 4.95. The molecule has 0 unspecified atom stereocenters. The number of hydrogen-bond acceptors (Lipinski definition) is 7. The van der Waals surface area contributed by atoms with Crippen molar-refractivity contribution in [2.24, 2.45) is 0 Å². The van der Waals surface area contributed by atoms with Gasteiger partial charge in [0.25, 0.3) is 5.91 Å². The molecule has 40 heavy (non-hydrogen) atoms. The fourth-order valence-corrected chi connectivity index (χ4v) is 4.95. The van der Waals surface area contributed by atoms with E-state index in [-0.39, 0.29) is 11.7 Å². The minimum Gasteiger partial charge on any atom is -0.340 e. The Bertz CT molecular complexity index is 1470. The number of amides is 1. The van der Waals surface area contributed by atoms with E-state index in [1.165, 1.54) is 6.07 Å². The number of nitrogens with one attached hydrogen (secondary N) is 2. The molecule has 1 aliphatic heterocycles. The van der Waals surface area contributed by atoms with Crippen molar-refractivity contribution in [2.45, 2.75) is 39.3 Å². The van der Waals surface area contributed by atoms with Crippen LogP contribution in [0.25, 0.3) is 0 Å². The number of rotatable bonds is 8. The summed E-state index contributed by atoms with van der Waals surface area (Å²) < 4.78 is 13.6. The highest BCUT2D eigenvalue weighted by Gasteiger charge is 2.26. The summed E-state index contributed by atoms with van der Waals surface area (Å²) in [6, 6.07) is 20.5. The van der Waals surface area contributed by atoms with E-state index in [4.69, 9.17) is 0 Å². The first-order valence-corrected chi connectivity index (χ1v) is 13.5. The molecule has 0 atom stereocenters. The summed E-state index contributed by atoms with van der Waals surface area (Å²) in [5.74, 6) is 0.792. The molecule has 1 fully saturated rings. The van der Waals surface area contributed by atoms with Gasteiger partial charge in [-0.2, -0.15) is 4.98 Å². The standard InChI is InChI=1S/C31H34FN7O/c1-21-19-25(11-12-28(21)32)35-29-13-16-33-31(37-29)36-24-9-7-23(8-10-24)30(40)39-17-14-27(15-18-39)38(3)20-26-6-4-5-22(2)34-26/h4-13,16,19,27H,14-15,17-18,20H2,1-3H3,(H2,33,35,36,37). The molecule has 2 aromatic heterocycles. The van der Waals surface area contributed by atoms with Crippen molar-refractivity contribution < 1.29 is 9.18 Å². The van der Waals surface area contributed by atoms with E-state index < -0.39 is 0 Å². The lowest BCUT2D eigenvalue weighted by Gasteiger charge is -2.36. The molecule has 9 heteroatoms. The number of aromatic nitrogens is 3. The highest BCUT2D eigenvalue weighted by molar-refractivity contribution is 5.94. The van der Waals surface area contributed by atoms with Crippen molar-refractivity contribution in [1.82, 2.24) is 24.8 Å². The Kier molecular flexibility index (Phi) is 8.31. The summed E-state index contributed by atoms with van der Waals surface area (Å²) in [7, 11) is 2.14. The van der Waals surface area contributed by atoms with Crippen molar-refractivity contribution in [1.29, 1.82) is 0 Å². The van der Waals surface area contributed by atoms with Gasteiger partial charge >= 0.3 is 0 Å². The normalized spacial score (nSPS) is 13.9. The Morgan fingerprint density at radius 2 is 1.73 bits per heavy atom. The van der Waals surface area contributed by atoms with Crippen LogP contribution in [0, 0.1) is 19.7 Å². The summed E-state index contributed by atoms with van der Waals surface area (Å²) in [6.45, 7) is 6.00. The minimum absolute atomic E-state index is 0.0463. The van der Waals surface area contributed by atoms with E-state index in [1.807, 2.05) is 48.2 Å². The summed E-state index contributed by atoms with van der Waals surface area (Å²) >= 11 is 0. The SMILES string of the molecule is Cc1cccc(CN(C)C2CCN(C(=O)c3ccc(Nc4nccc(Nc5ccc(F)c(C)c5)n4)cc3)CC2)n1. The zero-order valence-electron chi connectivity index (χ0n) is 23.1. The van der Waals surface area contributed by atoms with E-state index in [2.05, 4.69) is 43.6 Å². The number of anilines is 4. The number of carbonyl (C=O) groups is 1. The number of hydrogen-bond donors (Lipinski definition) is 2. The van der Waals surface area contributed by atoms with Gasteiger partial charge in [-0.25, -0.2) is 9.37 Å². The van der Waals surface area contributed by atoms with Crippen molar-refractivity contribution in [2.75, 3.05) is 30.8 Å². The smallest absolute Gasteiger partial charge is 0.253 e. The maximum absolute atomic E-state index is 13.6. The number of halogens is 1. The highest BCUT2D eigenvalue weighted by atomic mass is 19.1. The lowest BCUT2D eigenvalue weighted by atomic mass is 10.0. The Morgan fingerprint density at radius 1 is 0.975 bits per heavy atom. The van der Waals surface area contributed by atoms with Crippen LogP contribution in [0.1, 0.15) is 40.2 Å². The van der Waals surface area contributed by atoms with Gasteiger partial charge in [0.1, 0.15) is 11.6 Å². The molecule has 0 spiro atoms. The molecule has 0 bridgehead atoms. The molecule has 8 nitrogen and oxygen atoms in total. The van der Waals surface area contributed by atoms with Crippen LogP contribution in [0.2, 0.25) is 0 Å². The second kappa shape index (κ2) is 12.2. The lowest BCUT2D eigenvalue weighted by Crippen LogP contribution is -2.45. The van der Waals surface area contributed by atoms with Gasteiger partial charge in [-0.3, -0.25) is 14.7 Å². The predicted molar refractivity (Wildman–Crippen MR) is 156 cm³/mol. The predicted octanol–water partition coefficient (Wildman–Crippen LogP) is 5.85. The number of pyridine rings is 1. The van der Waals surface area contributed by atoms with E-state index in [0.717, 1.165) is 55.2 Å². The zero-order valence-corrected chi connectivity index (χ0v) is 23.1. The number of benzene rings is 2. The number of piperidine rings is 1. The second-order valence-electron chi connectivity index (χ2n) is 10.3. The van der Waals surface area contributed by atoms with Crippen LogP contribution in [-0.2, 0) is 6.54 Å². The number of nitrogens with zero attached hydrogens (tertiary/aromatic N) is 5. The van der Waals surface area contributed by atoms with Gasteiger partial charge in [-0.1, -0.05) is 6.07 Å². The van der Waals surface area contributed by atoms with E-state index in [9.17, 15) is 9.18 Å². The van der Waals surface area contributed by atoms with Gasteiger partial charge in [0, 0.05) is 54.5 Å². The number of aryl methyl sites for hydroxylation is 2. The average Bonchev–Trinajstić information content (AvgIpc) is 2.95. The van der Waals surface area contributed by atoms with Crippen LogP contribution >= 0.6 is 0 Å².